The zero-order valence-corrected chi connectivity index (χ0v) is 13.6. The van der Waals surface area contributed by atoms with Crippen molar-refractivity contribution in [3.8, 4) is 11.1 Å². The van der Waals surface area contributed by atoms with E-state index in [1.165, 1.54) is 22.3 Å². The first-order valence-corrected chi connectivity index (χ1v) is 7.40. The van der Waals surface area contributed by atoms with Gasteiger partial charge in [0, 0.05) is 0 Å². The molecule has 0 amide bonds. The summed E-state index contributed by atoms with van der Waals surface area (Å²) < 4.78 is 0. The summed E-state index contributed by atoms with van der Waals surface area (Å²) in [5.41, 5.74) is 5.88. The van der Waals surface area contributed by atoms with E-state index in [0.717, 1.165) is 0 Å². The molecular weight excluding hydrogens is 240 g/mol. The predicted octanol–water partition coefficient (Wildman–Crippen LogP) is 5.95. The molecule has 0 aliphatic heterocycles. The van der Waals surface area contributed by atoms with Gasteiger partial charge in [-0.05, 0) is 33.1 Å². The van der Waals surface area contributed by atoms with E-state index in [0.29, 0.717) is 0 Å². The molecule has 0 N–H and O–H groups in total. The maximum Gasteiger partial charge on any atom is -0.0109 e. The van der Waals surface area contributed by atoms with E-state index in [1.54, 1.807) is 0 Å². The second kappa shape index (κ2) is 5.09. The summed E-state index contributed by atoms with van der Waals surface area (Å²) in [4.78, 5) is 0. The molecule has 0 heteroatoms. The van der Waals surface area contributed by atoms with E-state index >= 15 is 0 Å². The number of hydrogen-bond donors (Lipinski definition) is 0. The Labute approximate surface area is 123 Å². The maximum absolute atomic E-state index is 2.29. The normalized spacial score (nSPS) is 12.5. The number of rotatable bonds is 1. The van der Waals surface area contributed by atoms with Gasteiger partial charge in [0.15, 0.2) is 0 Å². The monoisotopic (exact) mass is 266 g/mol. The lowest BCUT2D eigenvalue weighted by atomic mass is 9.74. The first kappa shape index (κ1) is 14.8. The third-order valence-electron chi connectivity index (χ3n) is 3.74. The molecule has 0 fully saturated rings. The standard InChI is InChI=1S/C20H26/c1-19(2,3)16-13-10-14-17(20(4,5)6)18(16)15-11-8-7-9-12-15/h7-14H,1-6H3. The first-order valence-electron chi connectivity index (χ1n) is 7.40. The zero-order chi connectivity index (χ0) is 15.0. The van der Waals surface area contributed by atoms with Gasteiger partial charge in [0.05, 0.1) is 0 Å². The smallest absolute Gasteiger partial charge is 0.0109 e. The molecule has 2 rings (SSSR count). The van der Waals surface area contributed by atoms with Gasteiger partial charge >= 0.3 is 0 Å². The summed E-state index contributed by atoms with van der Waals surface area (Å²) in [6.45, 7) is 13.8. The van der Waals surface area contributed by atoms with Crippen LogP contribution < -0.4 is 0 Å². The van der Waals surface area contributed by atoms with Crippen LogP contribution in [0.25, 0.3) is 11.1 Å². The van der Waals surface area contributed by atoms with E-state index in [9.17, 15) is 0 Å². The SMILES string of the molecule is CC(C)(C)c1cccc(C(C)(C)C)c1-c1ccccc1. The highest BCUT2D eigenvalue weighted by Crippen LogP contribution is 2.40. The van der Waals surface area contributed by atoms with Crippen LogP contribution in [0.4, 0.5) is 0 Å². The molecule has 0 aromatic heterocycles. The summed E-state index contributed by atoms with van der Waals surface area (Å²) in [5, 5.41) is 0. The van der Waals surface area contributed by atoms with E-state index < -0.39 is 0 Å². The van der Waals surface area contributed by atoms with Crippen molar-refractivity contribution in [3.05, 3.63) is 59.7 Å². The van der Waals surface area contributed by atoms with E-state index in [4.69, 9.17) is 0 Å². The third kappa shape index (κ3) is 2.95. The van der Waals surface area contributed by atoms with Crippen molar-refractivity contribution in [1.82, 2.24) is 0 Å². The van der Waals surface area contributed by atoms with E-state index in [1.807, 2.05) is 0 Å². The molecule has 0 atom stereocenters. The summed E-state index contributed by atoms with van der Waals surface area (Å²) in [5.74, 6) is 0. The van der Waals surface area contributed by atoms with Gasteiger partial charge in [-0.25, -0.2) is 0 Å². The Balaban J connectivity index is 2.80. The fourth-order valence-corrected chi connectivity index (χ4v) is 2.72. The molecule has 0 saturated heterocycles. The Morgan fingerprint density at radius 3 is 1.40 bits per heavy atom. The third-order valence-corrected chi connectivity index (χ3v) is 3.74. The summed E-state index contributed by atoms with van der Waals surface area (Å²) in [7, 11) is 0. The molecule has 0 unspecified atom stereocenters. The molecule has 0 bridgehead atoms. The van der Waals surface area contributed by atoms with Crippen LogP contribution in [0.2, 0.25) is 0 Å². The Hall–Kier alpha value is -1.56. The van der Waals surface area contributed by atoms with Crippen LogP contribution >= 0.6 is 0 Å². The molecule has 106 valence electrons. The fourth-order valence-electron chi connectivity index (χ4n) is 2.72. The Kier molecular flexibility index (Phi) is 3.77. The van der Waals surface area contributed by atoms with Crippen molar-refractivity contribution < 1.29 is 0 Å². The first-order chi connectivity index (χ1) is 9.21. The molecule has 2 aromatic rings. The largest absolute Gasteiger partial charge is 0.0622 e. The van der Waals surface area contributed by atoms with E-state index in [2.05, 4.69) is 90.1 Å². The highest BCUT2D eigenvalue weighted by Gasteiger charge is 2.25. The van der Waals surface area contributed by atoms with Gasteiger partial charge in [-0.2, -0.15) is 0 Å². The molecule has 0 nitrogen and oxygen atoms in total. The summed E-state index contributed by atoms with van der Waals surface area (Å²) in [6, 6.07) is 17.5. The van der Waals surface area contributed by atoms with Crippen molar-refractivity contribution in [2.24, 2.45) is 0 Å². The molecule has 0 aliphatic rings. The Morgan fingerprint density at radius 1 is 0.550 bits per heavy atom. The lowest BCUT2D eigenvalue weighted by molar-refractivity contribution is 0.572. The molecule has 0 radical (unpaired) electrons. The van der Waals surface area contributed by atoms with Gasteiger partial charge in [-0.1, -0.05) is 90.1 Å². The van der Waals surface area contributed by atoms with Gasteiger partial charge in [0.25, 0.3) is 0 Å². The van der Waals surface area contributed by atoms with Gasteiger partial charge < -0.3 is 0 Å². The highest BCUT2D eigenvalue weighted by atomic mass is 14.3. The molecular formula is C20H26. The molecule has 0 aliphatic carbocycles. The second-order valence-corrected chi connectivity index (χ2v) is 7.59. The van der Waals surface area contributed by atoms with Crippen LogP contribution in [0.15, 0.2) is 48.5 Å². The average molecular weight is 266 g/mol. The molecule has 0 saturated carbocycles. The predicted molar refractivity (Wildman–Crippen MR) is 89.3 cm³/mol. The zero-order valence-electron chi connectivity index (χ0n) is 13.6. The fraction of sp³-hybridized carbons (Fsp3) is 0.400. The van der Waals surface area contributed by atoms with Gasteiger partial charge in [0.2, 0.25) is 0 Å². The lowest BCUT2D eigenvalue weighted by Crippen LogP contribution is -2.19. The van der Waals surface area contributed by atoms with Crippen molar-refractivity contribution >= 4 is 0 Å². The summed E-state index contributed by atoms with van der Waals surface area (Å²) >= 11 is 0. The maximum atomic E-state index is 2.29. The number of benzene rings is 2. The minimum absolute atomic E-state index is 0.145. The van der Waals surface area contributed by atoms with Crippen molar-refractivity contribution in [2.45, 2.75) is 52.4 Å². The van der Waals surface area contributed by atoms with E-state index in [-0.39, 0.29) is 10.8 Å². The highest BCUT2D eigenvalue weighted by molar-refractivity contribution is 5.73. The van der Waals surface area contributed by atoms with Crippen molar-refractivity contribution in [2.75, 3.05) is 0 Å². The van der Waals surface area contributed by atoms with Gasteiger partial charge in [0.1, 0.15) is 0 Å². The molecule has 0 spiro atoms. The second-order valence-electron chi connectivity index (χ2n) is 7.59. The average Bonchev–Trinajstić information content (AvgIpc) is 2.37. The van der Waals surface area contributed by atoms with Crippen LogP contribution in [0.1, 0.15) is 52.7 Å². The minimum Gasteiger partial charge on any atom is -0.0622 e. The lowest BCUT2D eigenvalue weighted by Gasteiger charge is -2.30. The number of hydrogen-bond acceptors (Lipinski definition) is 0. The van der Waals surface area contributed by atoms with Gasteiger partial charge in [-0.15, -0.1) is 0 Å². The Bertz CT molecular complexity index is 545. The van der Waals surface area contributed by atoms with Crippen LogP contribution in [0.5, 0.6) is 0 Å². The summed E-state index contributed by atoms with van der Waals surface area (Å²) in [6.07, 6.45) is 0. The van der Waals surface area contributed by atoms with Gasteiger partial charge in [-0.3, -0.25) is 0 Å². The minimum atomic E-state index is 0.145. The Morgan fingerprint density at radius 2 is 1.00 bits per heavy atom. The van der Waals surface area contributed by atoms with Crippen molar-refractivity contribution in [1.29, 1.82) is 0 Å². The quantitative estimate of drug-likeness (QED) is 0.598. The van der Waals surface area contributed by atoms with Crippen LogP contribution in [0, 0.1) is 0 Å². The van der Waals surface area contributed by atoms with Crippen LogP contribution in [0.3, 0.4) is 0 Å². The van der Waals surface area contributed by atoms with Crippen LogP contribution in [-0.2, 0) is 10.8 Å². The molecule has 20 heavy (non-hydrogen) atoms. The topological polar surface area (TPSA) is 0 Å². The molecule has 2 aromatic carbocycles. The van der Waals surface area contributed by atoms with Crippen molar-refractivity contribution in [3.63, 3.8) is 0 Å². The van der Waals surface area contributed by atoms with Crippen LogP contribution in [-0.4, -0.2) is 0 Å². The molecule has 0 heterocycles.